The first kappa shape index (κ1) is 18.8. The third-order valence-corrected chi connectivity index (χ3v) is 4.61. The van der Waals surface area contributed by atoms with Gasteiger partial charge in [0.2, 0.25) is 0 Å². The summed E-state index contributed by atoms with van der Waals surface area (Å²) in [7, 11) is 0. The van der Waals surface area contributed by atoms with Crippen molar-refractivity contribution >= 4 is 6.03 Å². The van der Waals surface area contributed by atoms with Crippen LogP contribution in [0.5, 0.6) is 0 Å². The summed E-state index contributed by atoms with van der Waals surface area (Å²) < 4.78 is 0. The molecular formula is C20H33N3O. The molecule has 1 aliphatic heterocycles. The Morgan fingerprint density at radius 3 is 2.33 bits per heavy atom. The lowest BCUT2D eigenvalue weighted by Crippen LogP contribution is -2.63. The average Bonchev–Trinajstić information content (AvgIpc) is 2.42. The van der Waals surface area contributed by atoms with Crippen molar-refractivity contribution < 1.29 is 4.79 Å². The average molecular weight is 332 g/mol. The highest BCUT2D eigenvalue weighted by atomic mass is 16.2. The topological polar surface area (TPSA) is 53.2 Å². The Morgan fingerprint density at radius 2 is 1.75 bits per heavy atom. The number of hydrogen-bond donors (Lipinski definition) is 3. The summed E-state index contributed by atoms with van der Waals surface area (Å²) in [5, 5.41) is 9.89. The zero-order valence-electron chi connectivity index (χ0n) is 15.8. The molecule has 2 rings (SSSR count). The molecule has 0 bridgehead atoms. The fraction of sp³-hybridized carbons (Fsp3) is 0.650. The van der Waals surface area contributed by atoms with Gasteiger partial charge < -0.3 is 16.0 Å². The Hall–Kier alpha value is -1.55. The fourth-order valence-electron chi connectivity index (χ4n) is 3.98. The van der Waals surface area contributed by atoms with E-state index >= 15 is 0 Å². The number of urea groups is 1. The van der Waals surface area contributed by atoms with Crippen LogP contribution in [0.1, 0.15) is 59.4 Å². The van der Waals surface area contributed by atoms with Gasteiger partial charge in [0.1, 0.15) is 0 Å². The van der Waals surface area contributed by atoms with Crippen LogP contribution in [0.25, 0.3) is 0 Å². The van der Waals surface area contributed by atoms with Gasteiger partial charge in [-0.1, -0.05) is 30.3 Å². The Bertz CT molecular complexity index is 523. The normalized spacial score (nSPS) is 21.0. The van der Waals surface area contributed by atoms with Gasteiger partial charge in [-0.3, -0.25) is 0 Å². The van der Waals surface area contributed by atoms with Gasteiger partial charge >= 0.3 is 6.03 Å². The van der Waals surface area contributed by atoms with E-state index < -0.39 is 0 Å². The summed E-state index contributed by atoms with van der Waals surface area (Å²) in [6, 6.07) is 10.7. The number of carbonyl (C=O) groups is 1. The summed E-state index contributed by atoms with van der Waals surface area (Å²) in [6.45, 7) is 10.9. The van der Waals surface area contributed by atoms with E-state index in [-0.39, 0.29) is 29.2 Å². The van der Waals surface area contributed by atoms with Crippen LogP contribution >= 0.6 is 0 Å². The molecule has 1 aliphatic rings. The van der Waals surface area contributed by atoms with E-state index in [0.717, 1.165) is 25.7 Å². The third-order valence-electron chi connectivity index (χ3n) is 4.61. The minimum absolute atomic E-state index is 0.0403. The number of carbonyl (C=O) groups excluding carboxylic acids is 1. The Labute approximate surface area is 146 Å². The molecule has 1 fully saturated rings. The van der Waals surface area contributed by atoms with Gasteiger partial charge in [0, 0.05) is 23.2 Å². The highest BCUT2D eigenvalue weighted by molar-refractivity contribution is 5.74. The van der Waals surface area contributed by atoms with Crippen LogP contribution in [0, 0.1) is 0 Å². The largest absolute Gasteiger partial charge is 0.336 e. The standard InChI is InChI=1S/C20H33N3O/c1-15(11-12-16-9-7-6-8-10-16)21-18(24)22-17-13-19(2,3)23-20(4,5)14-17/h6-10,15,17,23H,11-14H2,1-5H3,(H2,21,22,24). The minimum atomic E-state index is -0.0472. The number of hydrogen-bond acceptors (Lipinski definition) is 2. The van der Waals surface area contributed by atoms with Gasteiger partial charge in [-0.15, -0.1) is 0 Å². The first-order chi connectivity index (χ1) is 11.2. The second-order valence-electron chi connectivity index (χ2n) is 8.54. The molecule has 24 heavy (non-hydrogen) atoms. The predicted octanol–water partition coefficient (Wildman–Crippen LogP) is 3.62. The van der Waals surface area contributed by atoms with Crippen LogP contribution in [-0.2, 0) is 6.42 Å². The molecule has 134 valence electrons. The molecule has 4 heteroatoms. The Morgan fingerprint density at radius 1 is 1.17 bits per heavy atom. The summed E-state index contributed by atoms with van der Waals surface area (Å²) >= 11 is 0. The quantitative estimate of drug-likeness (QED) is 0.772. The zero-order chi connectivity index (χ0) is 17.8. The molecule has 3 N–H and O–H groups in total. The molecular weight excluding hydrogens is 298 g/mol. The van der Waals surface area contributed by atoms with Crippen molar-refractivity contribution in [3.63, 3.8) is 0 Å². The van der Waals surface area contributed by atoms with E-state index in [1.54, 1.807) is 0 Å². The highest BCUT2D eigenvalue weighted by Gasteiger charge is 2.38. The van der Waals surface area contributed by atoms with Crippen molar-refractivity contribution in [3.8, 4) is 0 Å². The minimum Gasteiger partial charge on any atom is -0.336 e. The van der Waals surface area contributed by atoms with Gasteiger partial charge in [-0.05, 0) is 65.9 Å². The van der Waals surface area contributed by atoms with Crippen LogP contribution in [0.4, 0.5) is 4.79 Å². The lowest BCUT2D eigenvalue weighted by Gasteiger charge is -2.46. The van der Waals surface area contributed by atoms with Crippen molar-refractivity contribution in [2.45, 2.75) is 83.5 Å². The monoisotopic (exact) mass is 331 g/mol. The molecule has 4 nitrogen and oxygen atoms in total. The molecule has 0 saturated carbocycles. The van der Waals surface area contributed by atoms with Crippen LogP contribution < -0.4 is 16.0 Å². The number of benzene rings is 1. The van der Waals surface area contributed by atoms with Crippen molar-refractivity contribution in [2.24, 2.45) is 0 Å². The van der Waals surface area contributed by atoms with Crippen LogP contribution in [0.15, 0.2) is 30.3 Å². The van der Waals surface area contributed by atoms with Crippen LogP contribution in [-0.4, -0.2) is 29.2 Å². The van der Waals surface area contributed by atoms with Gasteiger partial charge in [0.15, 0.2) is 0 Å². The lowest BCUT2D eigenvalue weighted by molar-refractivity contribution is 0.147. The van der Waals surface area contributed by atoms with E-state index in [9.17, 15) is 4.79 Å². The molecule has 0 aromatic heterocycles. The highest BCUT2D eigenvalue weighted by Crippen LogP contribution is 2.28. The second-order valence-corrected chi connectivity index (χ2v) is 8.54. The summed E-state index contributed by atoms with van der Waals surface area (Å²) in [5.41, 5.74) is 1.39. The predicted molar refractivity (Wildman–Crippen MR) is 100 cm³/mol. The van der Waals surface area contributed by atoms with Crippen molar-refractivity contribution in [1.82, 2.24) is 16.0 Å². The lowest BCUT2D eigenvalue weighted by atomic mass is 9.80. The molecule has 1 saturated heterocycles. The van der Waals surface area contributed by atoms with E-state index in [2.05, 4.69) is 74.8 Å². The van der Waals surface area contributed by atoms with Crippen LogP contribution in [0.2, 0.25) is 0 Å². The van der Waals surface area contributed by atoms with E-state index in [1.165, 1.54) is 5.56 Å². The Kier molecular flexibility index (Phi) is 5.92. The molecule has 1 aromatic carbocycles. The molecule has 1 heterocycles. The summed E-state index contributed by atoms with van der Waals surface area (Å²) in [4.78, 5) is 12.3. The van der Waals surface area contributed by atoms with Crippen LogP contribution in [0.3, 0.4) is 0 Å². The van der Waals surface area contributed by atoms with Gasteiger partial charge in [-0.2, -0.15) is 0 Å². The summed E-state index contributed by atoms with van der Waals surface area (Å²) in [6.07, 6.45) is 3.82. The summed E-state index contributed by atoms with van der Waals surface area (Å²) in [5.74, 6) is 0. The molecule has 1 atom stereocenters. The van der Waals surface area contributed by atoms with E-state index in [0.29, 0.717) is 0 Å². The number of rotatable bonds is 5. The maximum atomic E-state index is 12.3. The third kappa shape index (κ3) is 6.16. The van der Waals surface area contributed by atoms with Crippen molar-refractivity contribution in [3.05, 3.63) is 35.9 Å². The van der Waals surface area contributed by atoms with Gasteiger partial charge in [-0.25, -0.2) is 4.79 Å². The van der Waals surface area contributed by atoms with Crippen molar-refractivity contribution in [2.75, 3.05) is 0 Å². The number of amides is 2. The first-order valence-corrected chi connectivity index (χ1v) is 9.05. The molecule has 0 aliphatic carbocycles. The van der Waals surface area contributed by atoms with Crippen molar-refractivity contribution in [1.29, 1.82) is 0 Å². The molecule has 1 aromatic rings. The molecule has 0 spiro atoms. The molecule has 2 amide bonds. The van der Waals surface area contributed by atoms with Gasteiger partial charge in [0.25, 0.3) is 0 Å². The second kappa shape index (κ2) is 7.56. The van der Waals surface area contributed by atoms with Gasteiger partial charge in [0.05, 0.1) is 0 Å². The molecule has 0 radical (unpaired) electrons. The van der Waals surface area contributed by atoms with E-state index in [1.807, 2.05) is 6.07 Å². The zero-order valence-corrected chi connectivity index (χ0v) is 15.8. The Balaban J connectivity index is 1.78. The number of nitrogens with one attached hydrogen (secondary N) is 3. The molecule has 1 unspecified atom stereocenters. The van der Waals surface area contributed by atoms with E-state index in [4.69, 9.17) is 0 Å². The smallest absolute Gasteiger partial charge is 0.315 e. The maximum Gasteiger partial charge on any atom is 0.315 e. The first-order valence-electron chi connectivity index (χ1n) is 9.05. The number of piperidine rings is 1. The fourth-order valence-corrected chi connectivity index (χ4v) is 3.98. The number of aryl methyl sites for hydroxylation is 1. The SMILES string of the molecule is CC(CCc1ccccc1)NC(=O)NC1CC(C)(C)NC(C)(C)C1. The maximum absolute atomic E-state index is 12.3.